The first-order valence-electron chi connectivity index (χ1n) is 12.0. The maximum atomic E-state index is 13.3. The van der Waals surface area contributed by atoms with Gasteiger partial charge in [-0.2, -0.15) is 0 Å². The van der Waals surface area contributed by atoms with Gasteiger partial charge in [-0.25, -0.2) is 14.2 Å². The first kappa shape index (κ1) is 25.1. The third kappa shape index (κ3) is 5.15. The summed E-state index contributed by atoms with van der Waals surface area (Å²) in [6, 6.07) is 9.77. The molecule has 0 bridgehead atoms. The van der Waals surface area contributed by atoms with Gasteiger partial charge in [-0.1, -0.05) is 30.9 Å². The fourth-order valence-corrected chi connectivity index (χ4v) is 4.60. The molecular weight excluding hydrogens is 457 g/mol. The van der Waals surface area contributed by atoms with Crippen LogP contribution in [0.4, 0.5) is 4.39 Å². The van der Waals surface area contributed by atoms with E-state index < -0.39 is 5.97 Å². The van der Waals surface area contributed by atoms with E-state index in [1.807, 2.05) is 32.1 Å². The Morgan fingerprint density at radius 3 is 2.69 bits per heavy atom. The zero-order valence-electron chi connectivity index (χ0n) is 20.8. The Balaban J connectivity index is 1.69. The predicted octanol–water partition coefficient (Wildman–Crippen LogP) is 5.37. The average molecular weight is 488 g/mol. The fourth-order valence-electron chi connectivity index (χ4n) is 4.60. The molecule has 0 aliphatic heterocycles. The fraction of sp³-hybridized carbons (Fsp3) is 0.276. The SMILES string of the molecule is C=C(CCc1nc2c(C(C)NC3=C(C(=O)O)C=CCC3)cc(C)cc2c(=O)n1C)c1ccc(F)cc1. The van der Waals surface area contributed by atoms with E-state index in [9.17, 15) is 19.1 Å². The van der Waals surface area contributed by atoms with Crippen LogP contribution < -0.4 is 10.9 Å². The largest absolute Gasteiger partial charge is 0.478 e. The molecule has 0 fully saturated rings. The molecule has 0 radical (unpaired) electrons. The Morgan fingerprint density at radius 2 is 2.00 bits per heavy atom. The van der Waals surface area contributed by atoms with Crippen molar-refractivity contribution < 1.29 is 14.3 Å². The van der Waals surface area contributed by atoms with Gasteiger partial charge in [0.25, 0.3) is 5.56 Å². The number of carboxylic acids is 1. The van der Waals surface area contributed by atoms with Crippen molar-refractivity contribution in [3.63, 3.8) is 0 Å². The zero-order valence-corrected chi connectivity index (χ0v) is 20.8. The van der Waals surface area contributed by atoms with E-state index in [4.69, 9.17) is 4.98 Å². The lowest BCUT2D eigenvalue weighted by Gasteiger charge is -2.23. The molecule has 0 spiro atoms. The number of halogens is 1. The molecule has 1 aliphatic carbocycles. The molecule has 0 saturated heterocycles. The normalized spacial score (nSPS) is 14.2. The molecule has 1 unspecified atom stereocenters. The highest BCUT2D eigenvalue weighted by atomic mass is 19.1. The minimum absolute atomic E-state index is 0.134. The Bertz CT molecular complexity index is 1470. The van der Waals surface area contributed by atoms with Crippen molar-refractivity contribution >= 4 is 22.4 Å². The molecule has 4 rings (SSSR count). The first-order valence-corrected chi connectivity index (χ1v) is 12.0. The van der Waals surface area contributed by atoms with Gasteiger partial charge in [0.05, 0.1) is 22.5 Å². The van der Waals surface area contributed by atoms with Crippen LogP contribution in [0.15, 0.2) is 71.2 Å². The number of carboxylic acid groups (broad SMARTS) is 1. The molecule has 1 aliphatic rings. The minimum Gasteiger partial charge on any atom is -0.478 e. The highest BCUT2D eigenvalue weighted by molar-refractivity contribution is 5.91. The number of hydrogen-bond donors (Lipinski definition) is 2. The van der Waals surface area contributed by atoms with Crippen LogP contribution >= 0.6 is 0 Å². The van der Waals surface area contributed by atoms with Crippen LogP contribution in [0.25, 0.3) is 16.5 Å². The molecule has 0 amide bonds. The van der Waals surface area contributed by atoms with E-state index in [1.165, 1.54) is 12.1 Å². The predicted molar refractivity (Wildman–Crippen MR) is 140 cm³/mol. The van der Waals surface area contributed by atoms with Crippen LogP contribution in [-0.2, 0) is 18.3 Å². The van der Waals surface area contributed by atoms with Gasteiger partial charge < -0.3 is 10.4 Å². The number of rotatable bonds is 8. The summed E-state index contributed by atoms with van der Waals surface area (Å²) in [6.45, 7) is 8.01. The van der Waals surface area contributed by atoms with Crippen molar-refractivity contribution in [2.45, 2.75) is 45.6 Å². The van der Waals surface area contributed by atoms with Gasteiger partial charge in [0.1, 0.15) is 11.6 Å². The van der Waals surface area contributed by atoms with Crippen LogP contribution in [0.1, 0.15) is 54.7 Å². The lowest BCUT2D eigenvalue weighted by atomic mass is 9.98. The first-order chi connectivity index (χ1) is 17.2. The zero-order chi connectivity index (χ0) is 26.0. The molecule has 3 aromatic rings. The van der Waals surface area contributed by atoms with Crippen molar-refractivity contribution in [1.29, 1.82) is 0 Å². The quantitative estimate of drug-likeness (QED) is 0.447. The number of aliphatic carboxylic acids is 1. The maximum absolute atomic E-state index is 13.3. The number of fused-ring (bicyclic) bond motifs is 1. The highest BCUT2D eigenvalue weighted by Gasteiger charge is 2.20. The average Bonchev–Trinajstić information content (AvgIpc) is 2.85. The molecule has 0 saturated carbocycles. The number of aryl methyl sites for hydroxylation is 2. The lowest BCUT2D eigenvalue weighted by molar-refractivity contribution is -0.132. The lowest BCUT2D eigenvalue weighted by Crippen LogP contribution is -2.26. The summed E-state index contributed by atoms with van der Waals surface area (Å²) in [4.78, 5) is 29.9. The molecule has 1 aromatic heterocycles. The van der Waals surface area contributed by atoms with Crippen LogP contribution in [0.2, 0.25) is 0 Å². The minimum atomic E-state index is -0.967. The number of hydrogen-bond acceptors (Lipinski definition) is 4. The number of allylic oxidation sites excluding steroid dienone is 3. The van der Waals surface area contributed by atoms with E-state index >= 15 is 0 Å². The van der Waals surface area contributed by atoms with Gasteiger partial charge in [0, 0.05) is 24.7 Å². The standard InChI is InChI=1S/C29H30FN3O3/c1-17-15-23(19(3)31-25-8-6-5-7-22(25)29(35)36)27-24(16-17)28(34)33(4)26(32-27)14-9-18(2)20-10-12-21(30)13-11-20/h5,7,10-13,15-16,19,31H,2,6,8-9,14H2,1,3-4H3,(H,35,36). The van der Waals surface area contributed by atoms with Gasteiger partial charge in [-0.15, -0.1) is 0 Å². The molecule has 6 nitrogen and oxygen atoms in total. The van der Waals surface area contributed by atoms with Crippen LogP contribution in [0.5, 0.6) is 0 Å². The number of aromatic nitrogens is 2. The van der Waals surface area contributed by atoms with Crippen molar-refractivity contribution in [3.05, 3.63) is 105 Å². The van der Waals surface area contributed by atoms with Gasteiger partial charge in [0.2, 0.25) is 0 Å². The molecule has 2 aromatic carbocycles. The van der Waals surface area contributed by atoms with Crippen LogP contribution in [0.3, 0.4) is 0 Å². The monoisotopic (exact) mass is 487 g/mol. The second kappa shape index (κ2) is 10.3. The summed E-state index contributed by atoms with van der Waals surface area (Å²) in [6.07, 6.45) is 5.92. The Morgan fingerprint density at radius 1 is 1.28 bits per heavy atom. The third-order valence-corrected chi connectivity index (χ3v) is 6.61. The topological polar surface area (TPSA) is 84.2 Å². The van der Waals surface area contributed by atoms with Crippen molar-refractivity contribution in [1.82, 2.24) is 14.9 Å². The maximum Gasteiger partial charge on any atom is 0.337 e. The number of nitrogens with zero attached hydrogens (tertiary/aromatic N) is 2. The molecule has 186 valence electrons. The molecule has 2 N–H and O–H groups in total. The second-order valence-electron chi connectivity index (χ2n) is 9.26. The summed E-state index contributed by atoms with van der Waals surface area (Å²) < 4.78 is 14.8. The van der Waals surface area contributed by atoms with Crippen LogP contribution in [-0.4, -0.2) is 20.6 Å². The number of carbonyl (C=O) groups is 1. The van der Waals surface area contributed by atoms with E-state index in [2.05, 4.69) is 11.9 Å². The van der Waals surface area contributed by atoms with Gasteiger partial charge >= 0.3 is 5.97 Å². The van der Waals surface area contributed by atoms with E-state index in [0.717, 1.165) is 28.7 Å². The van der Waals surface area contributed by atoms with Gasteiger partial charge in [0.15, 0.2) is 0 Å². The highest BCUT2D eigenvalue weighted by Crippen LogP contribution is 2.27. The van der Waals surface area contributed by atoms with Gasteiger partial charge in [-0.3, -0.25) is 9.36 Å². The Kier molecular flexibility index (Phi) is 7.20. The summed E-state index contributed by atoms with van der Waals surface area (Å²) in [7, 11) is 1.72. The van der Waals surface area contributed by atoms with Gasteiger partial charge in [-0.05, 0) is 74.1 Å². The van der Waals surface area contributed by atoms with Crippen molar-refractivity contribution in [3.8, 4) is 0 Å². The second-order valence-corrected chi connectivity index (χ2v) is 9.26. The molecule has 1 heterocycles. The molecule has 1 atom stereocenters. The van der Waals surface area contributed by atoms with Crippen molar-refractivity contribution in [2.24, 2.45) is 7.05 Å². The molecule has 36 heavy (non-hydrogen) atoms. The smallest absolute Gasteiger partial charge is 0.337 e. The Labute approximate surface area is 209 Å². The van der Waals surface area contributed by atoms with Crippen molar-refractivity contribution in [2.75, 3.05) is 0 Å². The van der Waals surface area contributed by atoms with E-state index in [1.54, 1.807) is 29.8 Å². The molecular formula is C29H30FN3O3. The third-order valence-electron chi connectivity index (χ3n) is 6.61. The summed E-state index contributed by atoms with van der Waals surface area (Å²) >= 11 is 0. The van der Waals surface area contributed by atoms with E-state index in [-0.39, 0.29) is 23.0 Å². The van der Waals surface area contributed by atoms with E-state index in [0.29, 0.717) is 41.7 Å². The number of benzene rings is 2. The molecule has 7 heteroatoms. The van der Waals surface area contributed by atoms with Crippen LogP contribution in [0, 0.1) is 12.7 Å². The Hall–Kier alpha value is -4.00. The number of nitrogens with one attached hydrogen (secondary N) is 1. The summed E-state index contributed by atoms with van der Waals surface area (Å²) in [5.41, 5.74) is 4.86. The summed E-state index contributed by atoms with van der Waals surface area (Å²) in [5, 5.41) is 13.5. The summed E-state index contributed by atoms with van der Waals surface area (Å²) in [5.74, 6) is -0.643.